The number of carbonyl (C=O) groups is 1. The molecule has 1 atom stereocenters. The minimum Gasteiger partial charge on any atom is -0.385 e. The highest BCUT2D eigenvalue weighted by molar-refractivity contribution is 6.30. The maximum absolute atomic E-state index is 13.5. The molecule has 0 aliphatic carbocycles. The van der Waals surface area contributed by atoms with E-state index in [1.807, 2.05) is 30.0 Å². The normalized spacial score (nSPS) is 18.9. The minimum absolute atomic E-state index is 0.0341. The molecular formula is C30H32ClF3N4O2. The van der Waals surface area contributed by atoms with Crippen LogP contribution in [0.1, 0.15) is 47.7 Å². The molecule has 10 heteroatoms. The van der Waals surface area contributed by atoms with Gasteiger partial charge in [-0.1, -0.05) is 30.3 Å². The molecule has 1 saturated heterocycles. The van der Waals surface area contributed by atoms with Crippen molar-refractivity contribution >= 4 is 23.2 Å². The van der Waals surface area contributed by atoms with E-state index in [9.17, 15) is 18.0 Å². The lowest BCUT2D eigenvalue weighted by atomic mass is 9.82. The molecule has 40 heavy (non-hydrogen) atoms. The van der Waals surface area contributed by atoms with Gasteiger partial charge in [-0.3, -0.25) is 9.69 Å². The zero-order chi connectivity index (χ0) is 28.6. The van der Waals surface area contributed by atoms with E-state index >= 15 is 0 Å². The van der Waals surface area contributed by atoms with Crippen molar-refractivity contribution in [1.82, 2.24) is 14.9 Å². The fraction of sp³-hybridized carbons (Fsp3) is 0.400. The van der Waals surface area contributed by atoms with Crippen LogP contribution >= 0.6 is 11.6 Å². The molecule has 212 valence electrons. The number of amides is 1. The van der Waals surface area contributed by atoms with Gasteiger partial charge in [-0.2, -0.15) is 13.2 Å². The largest absolute Gasteiger partial charge is 0.416 e. The third-order valence-corrected chi connectivity index (χ3v) is 8.15. The summed E-state index contributed by atoms with van der Waals surface area (Å²) in [6.07, 6.45) is -2.13. The fourth-order valence-electron chi connectivity index (χ4n) is 5.70. The number of nitrogens with one attached hydrogen (secondary N) is 1. The van der Waals surface area contributed by atoms with E-state index in [2.05, 4.69) is 16.5 Å². The van der Waals surface area contributed by atoms with Crippen LogP contribution in [0.15, 0.2) is 54.6 Å². The lowest BCUT2D eigenvalue weighted by molar-refractivity contribution is -0.137. The van der Waals surface area contributed by atoms with Gasteiger partial charge in [0.05, 0.1) is 11.3 Å². The Kier molecular flexibility index (Phi) is 8.08. The highest BCUT2D eigenvalue weighted by Crippen LogP contribution is 2.43. The summed E-state index contributed by atoms with van der Waals surface area (Å²) in [7, 11) is 1.65. The average molecular weight is 573 g/mol. The number of fused-ring (bicyclic) bond motifs is 1. The molecule has 5 rings (SSSR count). The number of rotatable bonds is 7. The molecule has 1 amide bonds. The van der Waals surface area contributed by atoms with Crippen molar-refractivity contribution in [2.75, 3.05) is 31.7 Å². The first-order valence-electron chi connectivity index (χ1n) is 13.3. The van der Waals surface area contributed by atoms with Gasteiger partial charge in [-0.05, 0) is 62.1 Å². The summed E-state index contributed by atoms with van der Waals surface area (Å²) in [6, 6.07) is 10.7. The van der Waals surface area contributed by atoms with Crippen LogP contribution in [0.5, 0.6) is 0 Å². The number of halogens is 4. The molecule has 2 aromatic carbocycles. The first-order chi connectivity index (χ1) is 19.1. The zero-order valence-electron chi connectivity index (χ0n) is 22.5. The molecule has 0 saturated carbocycles. The van der Waals surface area contributed by atoms with Gasteiger partial charge in [-0.25, -0.2) is 4.98 Å². The van der Waals surface area contributed by atoms with Crippen LogP contribution < -0.4 is 4.90 Å². The number of likely N-dealkylation sites (tertiary alicyclic amines) is 1. The van der Waals surface area contributed by atoms with E-state index in [0.717, 1.165) is 60.7 Å². The van der Waals surface area contributed by atoms with Crippen LogP contribution in [0, 0.1) is 6.92 Å². The van der Waals surface area contributed by atoms with Crippen molar-refractivity contribution in [1.29, 1.82) is 0 Å². The molecule has 0 bridgehead atoms. The van der Waals surface area contributed by atoms with E-state index in [-0.39, 0.29) is 17.9 Å². The summed E-state index contributed by atoms with van der Waals surface area (Å²) in [4.78, 5) is 25.6. The van der Waals surface area contributed by atoms with Crippen LogP contribution in [-0.2, 0) is 22.3 Å². The van der Waals surface area contributed by atoms with Crippen molar-refractivity contribution in [2.24, 2.45) is 0 Å². The van der Waals surface area contributed by atoms with Crippen LogP contribution in [0.25, 0.3) is 11.4 Å². The van der Waals surface area contributed by atoms with Crippen molar-refractivity contribution in [3.8, 4) is 11.4 Å². The number of piperidine rings is 1. The molecule has 0 radical (unpaired) electrons. The summed E-state index contributed by atoms with van der Waals surface area (Å²) < 4.78 is 44.0. The highest BCUT2D eigenvalue weighted by Gasteiger charge is 2.39. The topological polar surface area (TPSA) is 61.5 Å². The molecule has 1 unspecified atom stereocenters. The number of aromatic nitrogens is 2. The smallest absolute Gasteiger partial charge is 0.385 e. The van der Waals surface area contributed by atoms with E-state index < -0.39 is 11.7 Å². The number of ether oxygens (including phenoxy) is 1. The average Bonchev–Trinajstić information content (AvgIpc) is 3.29. The summed E-state index contributed by atoms with van der Waals surface area (Å²) in [6.45, 7) is 8.77. The lowest BCUT2D eigenvalue weighted by Gasteiger charge is -2.43. The Hall–Kier alpha value is -3.14. The van der Waals surface area contributed by atoms with Gasteiger partial charge in [0.25, 0.3) is 5.91 Å². The summed E-state index contributed by atoms with van der Waals surface area (Å²) in [5.41, 5.74) is 4.13. The van der Waals surface area contributed by atoms with Crippen molar-refractivity contribution in [2.45, 2.75) is 50.9 Å². The van der Waals surface area contributed by atoms with E-state index in [0.29, 0.717) is 41.6 Å². The van der Waals surface area contributed by atoms with Gasteiger partial charge >= 0.3 is 6.18 Å². The molecule has 1 N–H and O–H groups in total. The van der Waals surface area contributed by atoms with Gasteiger partial charge in [0.1, 0.15) is 5.82 Å². The van der Waals surface area contributed by atoms with Gasteiger partial charge in [0.15, 0.2) is 0 Å². The number of anilines is 1. The predicted molar refractivity (Wildman–Crippen MR) is 149 cm³/mol. The summed E-state index contributed by atoms with van der Waals surface area (Å²) in [5.74, 6) is 0.379. The second-order valence-electron chi connectivity index (χ2n) is 10.5. The minimum atomic E-state index is -4.37. The zero-order valence-corrected chi connectivity index (χ0v) is 23.3. The molecular weight excluding hydrogens is 541 g/mol. The molecule has 3 heterocycles. The monoisotopic (exact) mass is 572 g/mol. The number of nitrogens with zero attached hydrogens (tertiary/aromatic N) is 3. The number of hydrogen-bond acceptors (Lipinski definition) is 4. The maximum Gasteiger partial charge on any atom is 0.416 e. The number of benzene rings is 2. The fourth-order valence-corrected chi connectivity index (χ4v) is 5.88. The Labute approximate surface area is 236 Å². The van der Waals surface area contributed by atoms with E-state index in [4.69, 9.17) is 21.3 Å². The molecule has 6 nitrogen and oxygen atoms in total. The Morgan fingerprint density at radius 3 is 2.50 bits per heavy atom. The number of hydrogen-bond donors (Lipinski definition) is 1. The van der Waals surface area contributed by atoms with Crippen LogP contribution in [0.3, 0.4) is 0 Å². The Morgan fingerprint density at radius 1 is 1.15 bits per heavy atom. The van der Waals surface area contributed by atoms with Gasteiger partial charge in [-0.15, -0.1) is 0 Å². The number of H-pyrrole nitrogens is 1. The summed E-state index contributed by atoms with van der Waals surface area (Å²) in [5, 5.41) is 0.628. The number of aromatic amines is 1. The SMILES string of the molecule is C=C1C(=O)N(C2CCN(Cc3nc(-c4ccc(C(F)(F)F)cc4)[nH]c3C)CC2)c2ccc(Cl)cc2C1CCOC. The number of methoxy groups -OCH3 is 1. The van der Waals surface area contributed by atoms with Crippen molar-refractivity contribution in [3.63, 3.8) is 0 Å². The molecule has 1 fully saturated rings. The second-order valence-corrected chi connectivity index (χ2v) is 10.9. The molecule has 0 spiro atoms. The van der Waals surface area contributed by atoms with E-state index in [1.165, 1.54) is 12.1 Å². The van der Waals surface area contributed by atoms with Crippen LogP contribution in [0.4, 0.5) is 18.9 Å². The third kappa shape index (κ3) is 5.68. The number of aryl methyl sites for hydroxylation is 1. The van der Waals surface area contributed by atoms with E-state index in [1.54, 1.807) is 7.11 Å². The number of alkyl halides is 3. The Bertz CT molecular complexity index is 1390. The predicted octanol–water partition coefficient (Wildman–Crippen LogP) is 6.74. The van der Waals surface area contributed by atoms with Crippen molar-refractivity contribution < 1.29 is 22.7 Å². The standard InChI is InChI=1S/C30H32ClF3N4O2/c1-18-24(12-15-40-3)25-16-22(31)8-9-27(25)38(29(18)39)23-10-13-37(14-11-23)17-26-19(2)35-28(36-26)20-4-6-21(7-5-20)30(32,33)34/h4-9,16,23-24H,1,10-15,17H2,2-3H3,(H,35,36). The van der Waals surface area contributed by atoms with Crippen LogP contribution in [-0.4, -0.2) is 53.6 Å². The van der Waals surface area contributed by atoms with Gasteiger partial charge in [0.2, 0.25) is 0 Å². The lowest BCUT2D eigenvalue weighted by Crippen LogP contribution is -2.50. The number of imidazole rings is 1. The quantitative estimate of drug-likeness (QED) is 0.318. The molecule has 2 aliphatic rings. The third-order valence-electron chi connectivity index (χ3n) is 7.92. The summed E-state index contributed by atoms with van der Waals surface area (Å²) >= 11 is 6.34. The van der Waals surface area contributed by atoms with Crippen molar-refractivity contribution in [3.05, 3.63) is 82.2 Å². The Balaban J connectivity index is 1.27. The highest BCUT2D eigenvalue weighted by atomic mass is 35.5. The van der Waals surface area contributed by atoms with Crippen LogP contribution in [0.2, 0.25) is 5.02 Å². The maximum atomic E-state index is 13.5. The first-order valence-corrected chi connectivity index (χ1v) is 13.7. The molecule has 2 aliphatic heterocycles. The Morgan fingerprint density at radius 2 is 1.85 bits per heavy atom. The molecule has 1 aromatic heterocycles. The second kappa shape index (κ2) is 11.4. The van der Waals surface area contributed by atoms with Gasteiger partial charge < -0.3 is 14.6 Å². The van der Waals surface area contributed by atoms with Gasteiger partial charge in [0, 0.05) is 72.9 Å². The number of carbonyl (C=O) groups excluding carboxylic acids is 1. The first kappa shape index (κ1) is 28.4. The molecule has 3 aromatic rings.